The van der Waals surface area contributed by atoms with Gasteiger partial charge in [0, 0.05) is 35.8 Å². The Morgan fingerprint density at radius 2 is 2.04 bits per heavy atom. The van der Waals surface area contributed by atoms with Crippen LogP contribution in [0.3, 0.4) is 0 Å². The van der Waals surface area contributed by atoms with Gasteiger partial charge in [0.1, 0.15) is 11.6 Å². The first-order valence-corrected chi connectivity index (χ1v) is 8.99. The smallest absolute Gasteiger partial charge is 0.141 e. The van der Waals surface area contributed by atoms with Crippen molar-refractivity contribution in [3.8, 4) is 11.1 Å². The van der Waals surface area contributed by atoms with Gasteiger partial charge in [-0.05, 0) is 38.1 Å². The van der Waals surface area contributed by atoms with Crippen molar-refractivity contribution in [2.75, 3.05) is 17.6 Å². The molecule has 6 nitrogen and oxygen atoms in total. The molecule has 0 saturated carbocycles. The van der Waals surface area contributed by atoms with Gasteiger partial charge in [-0.15, -0.1) is 0 Å². The van der Waals surface area contributed by atoms with Crippen molar-refractivity contribution in [1.82, 2.24) is 15.1 Å². The highest BCUT2D eigenvalue weighted by molar-refractivity contribution is 5.99. The molecule has 0 amide bonds. The van der Waals surface area contributed by atoms with E-state index in [-0.39, 0.29) is 5.82 Å². The number of halogens is 1. The first-order valence-electron chi connectivity index (χ1n) is 8.99. The second kappa shape index (κ2) is 7.26. The van der Waals surface area contributed by atoms with Crippen LogP contribution in [0.4, 0.5) is 15.8 Å². The maximum absolute atomic E-state index is 15.0. The average molecular weight is 377 g/mol. The molecule has 0 spiro atoms. The van der Waals surface area contributed by atoms with Crippen LogP contribution in [-0.4, -0.2) is 21.7 Å². The topological polar surface area (TPSA) is 89.9 Å². The van der Waals surface area contributed by atoms with Crippen LogP contribution in [0.1, 0.15) is 17.1 Å². The van der Waals surface area contributed by atoms with Crippen LogP contribution in [0, 0.1) is 19.7 Å². The number of anilines is 2. The Balaban J connectivity index is 1.69. The lowest BCUT2D eigenvalue weighted by Gasteiger charge is -2.13. The first-order chi connectivity index (χ1) is 13.5. The predicted octanol–water partition coefficient (Wildman–Crippen LogP) is 4.28. The van der Waals surface area contributed by atoms with Crippen molar-refractivity contribution in [2.24, 2.45) is 0 Å². The lowest BCUT2D eigenvalue weighted by Crippen LogP contribution is -2.09. The lowest BCUT2D eigenvalue weighted by molar-refractivity contribution is 0.393. The minimum Gasteiger partial charge on any atom is -0.396 e. The number of fused-ring (bicyclic) bond motifs is 1. The fraction of sp³-hybridized carbons (Fsp3) is 0.190. The number of nitrogen functional groups attached to an aromatic ring is 1. The molecule has 0 saturated heterocycles. The average Bonchev–Trinajstić information content (AvgIpc) is 3.02. The number of nitrogens with two attached hydrogens (primary N) is 1. The Morgan fingerprint density at radius 1 is 1.18 bits per heavy atom. The minimum absolute atomic E-state index is 0.373. The minimum atomic E-state index is -0.373. The Bertz CT molecular complexity index is 1120. The van der Waals surface area contributed by atoms with Crippen molar-refractivity contribution in [3.05, 3.63) is 65.7 Å². The van der Waals surface area contributed by atoms with Gasteiger partial charge in [-0.25, -0.2) is 4.39 Å². The van der Waals surface area contributed by atoms with Crippen molar-refractivity contribution < 1.29 is 8.91 Å². The number of hydrogen-bond acceptors (Lipinski definition) is 6. The van der Waals surface area contributed by atoms with Gasteiger partial charge in [0.15, 0.2) is 0 Å². The quantitative estimate of drug-likeness (QED) is 0.540. The zero-order valence-corrected chi connectivity index (χ0v) is 15.7. The van der Waals surface area contributed by atoms with Crippen LogP contribution < -0.4 is 11.1 Å². The summed E-state index contributed by atoms with van der Waals surface area (Å²) in [6, 6.07) is 8.96. The molecule has 0 aliphatic carbocycles. The molecule has 0 radical (unpaired) electrons. The van der Waals surface area contributed by atoms with Crippen LogP contribution in [0.25, 0.3) is 22.0 Å². The van der Waals surface area contributed by atoms with Crippen molar-refractivity contribution >= 4 is 22.3 Å². The van der Waals surface area contributed by atoms with E-state index in [1.165, 1.54) is 6.07 Å². The van der Waals surface area contributed by atoms with Gasteiger partial charge in [0.2, 0.25) is 0 Å². The zero-order valence-electron chi connectivity index (χ0n) is 15.7. The van der Waals surface area contributed by atoms with Gasteiger partial charge in [-0.3, -0.25) is 9.97 Å². The second-order valence-electron chi connectivity index (χ2n) is 6.63. The van der Waals surface area contributed by atoms with E-state index in [1.807, 2.05) is 18.2 Å². The molecule has 3 N–H and O–H groups in total. The van der Waals surface area contributed by atoms with Crippen LogP contribution >= 0.6 is 0 Å². The van der Waals surface area contributed by atoms with Gasteiger partial charge >= 0.3 is 0 Å². The molecule has 0 unspecified atom stereocenters. The molecule has 1 aromatic carbocycles. The van der Waals surface area contributed by atoms with Gasteiger partial charge in [-0.1, -0.05) is 11.2 Å². The van der Waals surface area contributed by atoms with Crippen molar-refractivity contribution in [2.45, 2.75) is 20.3 Å². The van der Waals surface area contributed by atoms with Gasteiger partial charge in [0.25, 0.3) is 0 Å². The van der Waals surface area contributed by atoms with Gasteiger partial charge < -0.3 is 15.6 Å². The molecule has 4 rings (SSSR count). The Morgan fingerprint density at radius 3 is 2.75 bits per heavy atom. The second-order valence-corrected chi connectivity index (χ2v) is 6.63. The molecule has 3 aromatic heterocycles. The summed E-state index contributed by atoms with van der Waals surface area (Å²) in [6.07, 6.45) is 4.07. The molecule has 142 valence electrons. The van der Waals surface area contributed by atoms with Gasteiger partial charge in [-0.2, -0.15) is 0 Å². The molecule has 3 heterocycles. The first kappa shape index (κ1) is 17.9. The lowest BCUT2D eigenvalue weighted by atomic mass is 10.0. The zero-order chi connectivity index (χ0) is 19.7. The summed E-state index contributed by atoms with van der Waals surface area (Å²) in [6.45, 7) is 4.17. The third-order valence-electron chi connectivity index (χ3n) is 4.70. The summed E-state index contributed by atoms with van der Waals surface area (Å²) in [5.74, 6) is 0.196. The van der Waals surface area contributed by atoms with E-state index in [0.29, 0.717) is 51.4 Å². The maximum Gasteiger partial charge on any atom is 0.141 e. The normalized spacial score (nSPS) is 11.1. The predicted molar refractivity (Wildman–Crippen MR) is 108 cm³/mol. The molecule has 0 bridgehead atoms. The van der Waals surface area contributed by atoms with Crippen molar-refractivity contribution in [1.29, 1.82) is 0 Å². The molecule has 4 aromatic rings. The summed E-state index contributed by atoms with van der Waals surface area (Å²) in [4.78, 5) is 8.69. The fourth-order valence-corrected chi connectivity index (χ4v) is 3.35. The summed E-state index contributed by atoms with van der Waals surface area (Å²) in [7, 11) is 0. The van der Waals surface area contributed by atoms with E-state index in [9.17, 15) is 4.39 Å². The summed E-state index contributed by atoms with van der Waals surface area (Å²) < 4.78 is 20.1. The Hall–Kier alpha value is -3.48. The summed E-state index contributed by atoms with van der Waals surface area (Å²) in [5, 5.41) is 7.85. The summed E-state index contributed by atoms with van der Waals surface area (Å²) in [5.41, 5.74) is 10.6. The molecule has 28 heavy (non-hydrogen) atoms. The van der Waals surface area contributed by atoms with E-state index in [1.54, 1.807) is 32.3 Å². The fourth-order valence-electron chi connectivity index (χ4n) is 3.35. The highest BCUT2D eigenvalue weighted by atomic mass is 19.1. The monoisotopic (exact) mass is 377 g/mol. The van der Waals surface area contributed by atoms with E-state index >= 15 is 0 Å². The number of benzene rings is 1. The number of nitrogens with zero attached hydrogens (tertiary/aromatic N) is 3. The third-order valence-corrected chi connectivity index (χ3v) is 4.70. The van der Waals surface area contributed by atoms with Crippen molar-refractivity contribution in [3.63, 3.8) is 0 Å². The Kier molecular flexibility index (Phi) is 4.65. The number of hydrogen-bond donors (Lipinski definition) is 2. The number of rotatable bonds is 5. The Labute approximate surface area is 161 Å². The van der Waals surface area contributed by atoms with Gasteiger partial charge in [0.05, 0.1) is 34.3 Å². The number of aryl methyl sites for hydroxylation is 2. The largest absolute Gasteiger partial charge is 0.396 e. The number of nitrogens with one attached hydrogen (secondary N) is 1. The molecule has 0 fully saturated rings. The highest BCUT2D eigenvalue weighted by Gasteiger charge is 2.18. The molecule has 0 aliphatic rings. The van der Waals surface area contributed by atoms with Crippen LogP contribution in [-0.2, 0) is 6.42 Å². The highest BCUT2D eigenvalue weighted by Crippen LogP contribution is 2.35. The van der Waals surface area contributed by atoms with Crippen LogP contribution in [0.15, 0.2) is 47.2 Å². The standard InChI is InChI=1S/C21H20FN5O/c1-12-20(13(2)28-27-12)15-10-19-16(9-17(15)22)21(18(23)11-26-19)25-8-6-14-5-3-4-7-24-14/h3-5,7,9-11H,6,8,23H2,1-2H3,(H,25,26). The summed E-state index contributed by atoms with van der Waals surface area (Å²) >= 11 is 0. The third kappa shape index (κ3) is 3.26. The molecular formula is C21H20FN5O. The number of aromatic nitrogens is 3. The molecular weight excluding hydrogens is 357 g/mol. The van der Waals surface area contributed by atoms with E-state index in [2.05, 4.69) is 20.4 Å². The molecule has 0 atom stereocenters. The molecule has 0 aliphatic heterocycles. The SMILES string of the molecule is Cc1noc(C)c1-c1cc2ncc(N)c(NCCc3ccccn3)c2cc1F. The van der Waals surface area contributed by atoms with Crippen LogP contribution in [0.5, 0.6) is 0 Å². The van der Waals surface area contributed by atoms with E-state index < -0.39 is 0 Å². The molecule has 7 heteroatoms. The maximum atomic E-state index is 15.0. The van der Waals surface area contributed by atoms with Crippen LogP contribution in [0.2, 0.25) is 0 Å². The van der Waals surface area contributed by atoms with E-state index in [4.69, 9.17) is 10.3 Å². The number of pyridine rings is 2. The van der Waals surface area contributed by atoms with E-state index in [0.717, 1.165) is 12.1 Å².